The van der Waals surface area contributed by atoms with E-state index in [1.807, 2.05) is 55.7 Å². The Hall–Kier alpha value is -3.17. The Kier molecular flexibility index (Phi) is 10.8. The molecule has 1 aliphatic carbocycles. The van der Waals surface area contributed by atoms with Crippen molar-refractivity contribution in [3.05, 3.63) is 65.0 Å². The molecule has 0 unspecified atom stereocenters. The summed E-state index contributed by atoms with van der Waals surface area (Å²) in [7, 11) is 1.65. The number of rotatable bonds is 9. The Morgan fingerprint density at radius 1 is 1.10 bits per heavy atom. The van der Waals surface area contributed by atoms with E-state index in [9.17, 15) is 14.0 Å². The Labute approximate surface area is 249 Å². The van der Waals surface area contributed by atoms with Gasteiger partial charge in [-0.1, -0.05) is 30.3 Å². The molecule has 9 heteroatoms. The predicted octanol–water partition coefficient (Wildman–Crippen LogP) is 5.88. The van der Waals surface area contributed by atoms with Crippen molar-refractivity contribution in [1.29, 1.82) is 0 Å². The van der Waals surface area contributed by atoms with Crippen LogP contribution < -0.4 is 4.74 Å². The lowest BCUT2D eigenvalue weighted by Crippen LogP contribution is -2.50. The van der Waals surface area contributed by atoms with Crippen LogP contribution in [0.25, 0.3) is 0 Å². The second kappa shape index (κ2) is 14.3. The highest BCUT2D eigenvalue weighted by Gasteiger charge is 2.36. The first kappa shape index (κ1) is 31.8. The summed E-state index contributed by atoms with van der Waals surface area (Å²) in [6.45, 7) is 9.94. The molecule has 1 heterocycles. The topological polar surface area (TPSA) is 77.5 Å². The monoisotopic (exact) mass is 584 g/mol. The van der Waals surface area contributed by atoms with E-state index in [1.165, 1.54) is 6.07 Å². The van der Waals surface area contributed by atoms with Crippen molar-refractivity contribution in [2.75, 3.05) is 33.4 Å². The zero-order valence-electron chi connectivity index (χ0n) is 25.6. The number of amides is 2. The number of hydrogen-bond donors (Lipinski definition) is 0. The molecule has 2 amide bonds. The number of carbonyl (C=O) groups excluding carboxylic acids is 2. The van der Waals surface area contributed by atoms with E-state index in [4.69, 9.17) is 18.9 Å². The first-order chi connectivity index (χ1) is 20.0. The molecule has 1 aliphatic heterocycles. The number of carbonyl (C=O) groups is 2. The maximum atomic E-state index is 13.9. The number of methoxy groups -OCH3 is 1. The maximum absolute atomic E-state index is 13.9. The van der Waals surface area contributed by atoms with Crippen molar-refractivity contribution in [2.24, 2.45) is 5.92 Å². The molecule has 2 aromatic rings. The number of aryl methyl sites for hydroxylation is 1. The van der Waals surface area contributed by atoms with Gasteiger partial charge in [-0.25, -0.2) is 9.18 Å². The molecular formula is C33H45FN2O6. The quantitative estimate of drug-likeness (QED) is 0.366. The molecule has 0 radical (unpaired) electrons. The van der Waals surface area contributed by atoms with Gasteiger partial charge in [-0.3, -0.25) is 4.79 Å². The van der Waals surface area contributed by atoms with Crippen LogP contribution in [0.3, 0.4) is 0 Å². The summed E-state index contributed by atoms with van der Waals surface area (Å²) in [6, 6.07) is 12.5. The average Bonchev–Trinajstić information content (AvgIpc) is 2.96. The van der Waals surface area contributed by atoms with Gasteiger partial charge in [0.25, 0.3) is 0 Å². The van der Waals surface area contributed by atoms with Crippen molar-refractivity contribution in [3.8, 4) is 5.75 Å². The van der Waals surface area contributed by atoms with Gasteiger partial charge in [-0.15, -0.1) is 0 Å². The predicted molar refractivity (Wildman–Crippen MR) is 158 cm³/mol. The minimum Gasteiger partial charge on any atom is -0.496 e. The van der Waals surface area contributed by atoms with Gasteiger partial charge in [0.1, 0.15) is 17.2 Å². The van der Waals surface area contributed by atoms with Crippen molar-refractivity contribution >= 4 is 12.0 Å². The molecule has 0 aromatic heterocycles. The zero-order chi connectivity index (χ0) is 30.3. The second-order valence-corrected chi connectivity index (χ2v) is 12.3. The summed E-state index contributed by atoms with van der Waals surface area (Å²) in [5.41, 5.74) is 1.91. The summed E-state index contributed by atoms with van der Waals surface area (Å²) < 4.78 is 36.6. The molecule has 2 aliphatic rings. The highest BCUT2D eigenvalue weighted by molar-refractivity contribution is 5.79. The molecule has 0 N–H and O–H groups in total. The lowest BCUT2D eigenvalue weighted by molar-refractivity contribution is -0.147. The fourth-order valence-corrected chi connectivity index (χ4v) is 5.73. The fourth-order valence-electron chi connectivity index (χ4n) is 5.73. The SMILES string of the molecule is COc1ccc(CN(C(=O)OC(C)(C)C)C2CCC(C(=O)N3CCO[C@@H](COCc4ccccc4F)C3)CC2)cc1C. The van der Waals surface area contributed by atoms with E-state index >= 15 is 0 Å². The molecule has 0 bridgehead atoms. The Morgan fingerprint density at radius 3 is 2.50 bits per heavy atom. The normalized spacial score (nSPS) is 21.1. The van der Waals surface area contributed by atoms with Crippen LogP contribution >= 0.6 is 0 Å². The van der Waals surface area contributed by atoms with Crippen LogP contribution in [0, 0.1) is 18.7 Å². The highest BCUT2D eigenvalue weighted by atomic mass is 19.1. The molecule has 4 rings (SSSR count). The van der Waals surface area contributed by atoms with Gasteiger partial charge in [-0.2, -0.15) is 0 Å². The summed E-state index contributed by atoms with van der Waals surface area (Å²) in [4.78, 5) is 30.5. The highest BCUT2D eigenvalue weighted by Crippen LogP contribution is 2.32. The molecule has 1 saturated heterocycles. The molecule has 0 spiro atoms. The molecule has 8 nitrogen and oxygen atoms in total. The molecule has 1 atom stereocenters. The molecule has 1 saturated carbocycles. The minimum atomic E-state index is -0.607. The van der Waals surface area contributed by atoms with Gasteiger partial charge < -0.3 is 28.7 Å². The number of nitrogens with zero attached hydrogens (tertiary/aromatic N) is 2. The van der Waals surface area contributed by atoms with Gasteiger partial charge in [-0.05, 0) is 76.6 Å². The lowest BCUT2D eigenvalue weighted by atomic mass is 9.84. The Morgan fingerprint density at radius 2 is 1.83 bits per heavy atom. The first-order valence-corrected chi connectivity index (χ1v) is 14.9. The molecule has 42 heavy (non-hydrogen) atoms. The van der Waals surface area contributed by atoms with Crippen LogP contribution in [-0.2, 0) is 32.2 Å². The van der Waals surface area contributed by atoms with E-state index in [0.29, 0.717) is 51.3 Å². The van der Waals surface area contributed by atoms with E-state index in [-0.39, 0.29) is 42.5 Å². The smallest absolute Gasteiger partial charge is 0.410 e. The average molecular weight is 585 g/mol. The van der Waals surface area contributed by atoms with Crippen molar-refractivity contribution in [2.45, 2.75) is 84.3 Å². The number of hydrogen-bond acceptors (Lipinski definition) is 6. The third-order valence-corrected chi connectivity index (χ3v) is 7.90. The summed E-state index contributed by atoms with van der Waals surface area (Å²) in [5, 5.41) is 0. The Balaban J connectivity index is 1.32. The van der Waals surface area contributed by atoms with Crippen LogP contribution in [0.15, 0.2) is 42.5 Å². The number of morpholine rings is 1. The summed E-state index contributed by atoms with van der Waals surface area (Å²) in [6.07, 6.45) is 2.28. The van der Waals surface area contributed by atoms with Gasteiger partial charge >= 0.3 is 6.09 Å². The number of ether oxygens (including phenoxy) is 4. The van der Waals surface area contributed by atoms with E-state index < -0.39 is 5.60 Å². The van der Waals surface area contributed by atoms with Crippen LogP contribution in [0.2, 0.25) is 0 Å². The van der Waals surface area contributed by atoms with Crippen LogP contribution in [0.4, 0.5) is 9.18 Å². The number of halogens is 1. The maximum Gasteiger partial charge on any atom is 0.410 e. The summed E-state index contributed by atoms with van der Waals surface area (Å²) in [5.74, 6) is 0.552. The first-order valence-electron chi connectivity index (χ1n) is 14.9. The molecule has 230 valence electrons. The van der Waals surface area contributed by atoms with Crippen LogP contribution in [-0.4, -0.2) is 73.0 Å². The van der Waals surface area contributed by atoms with Gasteiger partial charge in [0, 0.05) is 37.2 Å². The minimum absolute atomic E-state index is 0.0180. The Bertz CT molecular complexity index is 1210. The summed E-state index contributed by atoms with van der Waals surface area (Å²) >= 11 is 0. The van der Waals surface area contributed by atoms with Crippen molar-refractivity contribution < 1.29 is 32.9 Å². The van der Waals surface area contributed by atoms with Crippen molar-refractivity contribution in [3.63, 3.8) is 0 Å². The van der Waals surface area contributed by atoms with E-state index in [1.54, 1.807) is 25.3 Å². The third-order valence-electron chi connectivity index (χ3n) is 7.90. The van der Waals surface area contributed by atoms with Gasteiger partial charge in [0.05, 0.1) is 33.0 Å². The van der Waals surface area contributed by atoms with Crippen molar-refractivity contribution in [1.82, 2.24) is 9.80 Å². The van der Waals surface area contributed by atoms with Gasteiger partial charge in [0.2, 0.25) is 5.91 Å². The fraction of sp³-hybridized carbons (Fsp3) is 0.576. The lowest BCUT2D eigenvalue weighted by Gasteiger charge is -2.40. The van der Waals surface area contributed by atoms with Gasteiger partial charge in [0.15, 0.2) is 0 Å². The van der Waals surface area contributed by atoms with Crippen LogP contribution in [0.5, 0.6) is 5.75 Å². The number of benzene rings is 2. The second-order valence-electron chi connectivity index (χ2n) is 12.3. The molecule has 2 fully saturated rings. The largest absolute Gasteiger partial charge is 0.496 e. The van der Waals surface area contributed by atoms with E-state index in [2.05, 4.69) is 0 Å². The molecular weight excluding hydrogens is 539 g/mol. The van der Waals surface area contributed by atoms with Crippen LogP contribution in [0.1, 0.15) is 63.1 Å². The molecule has 2 aromatic carbocycles. The van der Waals surface area contributed by atoms with E-state index in [0.717, 1.165) is 29.7 Å². The third kappa shape index (κ3) is 8.67. The zero-order valence-corrected chi connectivity index (χ0v) is 25.6. The standard InChI is InChI=1S/C33H45FN2O6/c1-23-18-24(10-15-30(23)39-5)19-36(32(38)42-33(2,3)4)27-13-11-25(12-14-27)31(37)35-16-17-41-28(20-35)22-40-21-26-8-6-7-9-29(26)34/h6-10,15,18,25,27-28H,11-14,16-17,19-22H2,1-5H3/t25?,27?,28-/m1/s1.